The van der Waals surface area contributed by atoms with Crippen LogP contribution in [0.3, 0.4) is 0 Å². The molecule has 1 saturated carbocycles. The molecule has 1 saturated heterocycles. The summed E-state index contributed by atoms with van der Waals surface area (Å²) < 4.78 is 30.4. The van der Waals surface area contributed by atoms with Crippen LogP contribution in [0.4, 0.5) is 0 Å². The van der Waals surface area contributed by atoms with Crippen molar-refractivity contribution in [1.82, 2.24) is 0 Å². The molecule has 58 heavy (non-hydrogen) atoms. The maximum absolute atomic E-state index is 8.39. The van der Waals surface area contributed by atoms with Gasteiger partial charge in [0.25, 0.3) is 8.32 Å². The molecule has 2 aromatic carbocycles. The first-order valence-electron chi connectivity index (χ1n) is 22.9. The zero-order valence-electron chi connectivity index (χ0n) is 39.9. The number of rotatable bonds is 13. The predicted molar refractivity (Wildman–Crippen MR) is 256 cm³/mol. The first kappa shape index (κ1) is 47.3. The molecule has 2 aliphatic carbocycles. The molecule has 1 aliphatic heterocycles. The summed E-state index contributed by atoms with van der Waals surface area (Å²) in [6.45, 7) is 44.2. The predicted octanol–water partition coefficient (Wildman–Crippen LogP) is 13.5. The summed E-state index contributed by atoms with van der Waals surface area (Å²) in [5.41, 5.74) is 1.32. The number of fused-ring (bicyclic) bond motifs is 1. The summed E-state index contributed by atoms with van der Waals surface area (Å²) in [5, 5.41) is 2.72. The van der Waals surface area contributed by atoms with Crippen molar-refractivity contribution in [2.45, 2.75) is 188 Å². The number of hydrogen-bond acceptors (Lipinski definition) is 4. The minimum absolute atomic E-state index is 0.0521. The van der Waals surface area contributed by atoms with Crippen molar-refractivity contribution >= 4 is 35.3 Å². The Balaban J connectivity index is 1.70. The fourth-order valence-electron chi connectivity index (χ4n) is 10.3. The van der Waals surface area contributed by atoms with Crippen molar-refractivity contribution in [3.05, 3.63) is 84.7 Å². The Labute approximate surface area is 359 Å². The van der Waals surface area contributed by atoms with E-state index in [-0.39, 0.29) is 62.5 Å². The van der Waals surface area contributed by atoms with Gasteiger partial charge in [0.05, 0.1) is 18.0 Å². The summed E-state index contributed by atoms with van der Waals surface area (Å²) in [6, 6.07) is 22.5. The Bertz CT molecular complexity index is 1660. The Morgan fingerprint density at radius 3 is 1.86 bits per heavy atom. The monoisotopic (exact) mass is 845 g/mol. The van der Waals surface area contributed by atoms with Crippen molar-refractivity contribution < 1.29 is 18.0 Å². The highest BCUT2D eigenvalue weighted by Crippen LogP contribution is 2.63. The molecule has 7 heteroatoms. The first-order chi connectivity index (χ1) is 26.8. The molecule has 8 atom stereocenters. The molecular weight excluding hydrogens is 761 g/mol. The average molecular weight is 845 g/mol. The van der Waals surface area contributed by atoms with Crippen LogP contribution >= 0.6 is 0 Å². The molecule has 3 aliphatic rings. The number of hydrogen-bond donors (Lipinski definition) is 0. The van der Waals surface area contributed by atoms with E-state index in [0.717, 1.165) is 38.0 Å². The zero-order chi connectivity index (χ0) is 43.1. The lowest BCUT2D eigenvalue weighted by Crippen LogP contribution is -2.68. The highest BCUT2D eigenvalue weighted by atomic mass is 28.4. The lowest BCUT2D eigenvalue weighted by atomic mass is 9.67. The molecular formula is C51H84O4Si3. The van der Waals surface area contributed by atoms with Crippen LogP contribution in [0, 0.1) is 29.1 Å². The van der Waals surface area contributed by atoms with Gasteiger partial charge in [0.1, 0.15) is 6.10 Å². The third-order valence-corrected chi connectivity index (χ3v) is 29.7. The van der Waals surface area contributed by atoms with Crippen molar-refractivity contribution in [1.29, 1.82) is 0 Å². The molecule has 0 amide bonds. The van der Waals surface area contributed by atoms with Crippen LogP contribution in [-0.2, 0) is 18.0 Å². The van der Waals surface area contributed by atoms with E-state index in [4.69, 9.17) is 24.6 Å². The largest absolute Gasteiger partial charge is 0.491 e. The summed E-state index contributed by atoms with van der Waals surface area (Å²) >= 11 is 0. The van der Waals surface area contributed by atoms with Crippen LogP contribution < -0.4 is 10.4 Å². The van der Waals surface area contributed by atoms with Crippen LogP contribution in [0.25, 0.3) is 0 Å². The standard InChI is InChI=1S/C51H84O4Si3/c1-37(36-52-56(14,15)48(4,5)6)34-43(54-58(50(10,11)12,41-30-24-20-25-31-41)42-32-26-21-27-33-42)45-38(2)47(55-57(16,17)49(7,8)9)51(13)35-44(53-39(3)46(45)51)40-28-22-18-19-23-29-40/h20-21,24-28,30-33,37-38,43-47H,3,18-19,22-23,29,34-36H2,1-2,4-17H3/t37-,38-,43-,44?,45+,46-,47+,51-/m0/s1. The van der Waals surface area contributed by atoms with E-state index >= 15 is 0 Å². The van der Waals surface area contributed by atoms with Crippen LogP contribution in [0.15, 0.2) is 84.7 Å². The smallest absolute Gasteiger partial charge is 0.261 e. The normalized spacial score (nSPS) is 27.6. The van der Waals surface area contributed by atoms with Gasteiger partial charge in [-0.2, -0.15) is 0 Å². The molecule has 2 fully saturated rings. The Hall–Kier alpha value is -1.75. The van der Waals surface area contributed by atoms with Crippen molar-refractivity contribution in [2.75, 3.05) is 6.61 Å². The van der Waals surface area contributed by atoms with Gasteiger partial charge in [0, 0.05) is 17.9 Å². The summed E-state index contributed by atoms with van der Waals surface area (Å²) in [6.07, 6.45) is 10.5. The number of ether oxygens (including phenoxy) is 1. The van der Waals surface area contributed by atoms with E-state index in [1.54, 1.807) is 0 Å². The highest BCUT2D eigenvalue weighted by Gasteiger charge is 2.65. The van der Waals surface area contributed by atoms with Crippen LogP contribution in [0.2, 0.25) is 41.3 Å². The van der Waals surface area contributed by atoms with Gasteiger partial charge in [-0.15, -0.1) is 0 Å². The van der Waals surface area contributed by atoms with Crippen molar-refractivity contribution in [3.8, 4) is 0 Å². The molecule has 1 heterocycles. The molecule has 0 radical (unpaired) electrons. The average Bonchev–Trinajstić information content (AvgIpc) is 3.29. The van der Waals surface area contributed by atoms with Gasteiger partial charge in [-0.3, -0.25) is 0 Å². The quantitative estimate of drug-likeness (QED) is 0.149. The molecule has 0 spiro atoms. The van der Waals surface area contributed by atoms with Gasteiger partial charge < -0.3 is 18.0 Å². The highest BCUT2D eigenvalue weighted by molar-refractivity contribution is 6.99. The SMILES string of the molecule is C=C1OC(C2=CCCCCC2)C[C@]2(C)[C@H](O[Si](C)(C)C(C)(C)C)[C@@H](C)[C@H]([C@H](C[C@H](C)CO[Si](C)(C)C(C)(C)C)O[Si](c3ccccc3)(c3ccccc3)C(C)(C)C)[C@H]12. The van der Waals surface area contributed by atoms with Gasteiger partial charge in [-0.05, 0) is 114 Å². The van der Waals surface area contributed by atoms with E-state index < -0.39 is 25.0 Å². The zero-order valence-corrected chi connectivity index (χ0v) is 42.9. The third-order valence-electron chi connectivity index (χ3n) is 15.7. The van der Waals surface area contributed by atoms with Gasteiger partial charge in [-0.1, -0.05) is 163 Å². The second kappa shape index (κ2) is 17.6. The van der Waals surface area contributed by atoms with E-state index in [1.165, 1.54) is 35.2 Å². The van der Waals surface area contributed by atoms with Crippen LogP contribution in [0.1, 0.15) is 128 Å². The maximum atomic E-state index is 8.39. The van der Waals surface area contributed by atoms with E-state index in [0.29, 0.717) is 0 Å². The minimum atomic E-state index is -2.96. The molecule has 4 nitrogen and oxygen atoms in total. The molecule has 2 aromatic rings. The lowest BCUT2D eigenvalue weighted by molar-refractivity contribution is -0.0624. The van der Waals surface area contributed by atoms with E-state index in [9.17, 15) is 0 Å². The Kier molecular flexibility index (Phi) is 14.3. The number of benzene rings is 2. The summed E-state index contributed by atoms with van der Waals surface area (Å²) in [4.78, 5) is 0. The molecule has 0 bridgehead atoms. The summed E-state index contributed by atoms with van der Waals surface area (Å²) in [5.74, 6) is 1.70. The fourth-order valence-corrected chi connectivity index (χ4v) is 17.6. The van der Waals surface area contributed by atoms with Crippen LogP contribution in [0.5, 0.6) is 0 Å². The Morgan fingerprint density at radius 2 is 1.34 bits per heavy atom. The maximum Gasteiger partial charge on any atom is 0.261 e. The minimum Gasteiger partial charge on any atom is -0.491 e. The first-order valence-corrected chi connectivity index (χ1v) is 30.6. The fraction of sp³-hybridized carbons (Fsp3) is 0.686. The van der Waals surface area contributed by atoms with Crippen molar-refractivity contribution in [3.63, 3.8) is 0 Å². The van der Waals surface area contributed by atoms with Gasteiger partial charge in [-0.25, -0.2) is 0 Å². The molecule has 0 N–H and O–H groups in total. The second-order valence-electron chi connectivity index (χ2n) is 23.1. The molecule has 5 rings (SSSR count). The van der Waals surface area contributed by atoms with E-state index in [1.807, 2.05) is 0 Å². The van der Waals surface area contributed by atoms with Gasteiger partial charge in [0.2, 0.25) is 0 Å². The molecule has 0 aromatic heterocycles. The molecule has 1 unspecified atom stereocenters. The van der Waals surface area contributed by atoms with Gasteiger partial charge >= 0.3 is 0 Å². The van der Waals surface area contributed by atoms with Gasteiger partial charge in [0.15, 0.2) is 16.6 Å². The third kappa shape index (κ3) is 9.50. The van der Waals surface area contributed by atoms with Crippen molar-refractivity contribution in [2.24, 2.45) is 29.1 Å². The number of allylic oxidation sites excluding steroid dienone is 2. The lowest BCUT2D eigenvalue weighted by Gasteiger charge is -2.50. The second-order valence-corrected chi connectivity index (χ2v) is 36.9. The Morgan fingerprint density at radius 1 is 0.793 bits per heavy atom. The van der Waals surface area contributed by atoms with E-state index in [2.05, 4.69) is 176 Å². The van der Waals surface area contributed by atoms with Crippen LogP contribution in [-0.4, -0.2) is 49.9 Å². The topological polar surface area (TPSA) is 36.9 Å². The molecule has 324 valence electrons. The summed E-state index contributed by atoms with van der Waals surface area (Å²) in [7, 11) is -7.11.